The molecule has 0 spiro atoms. The molecular weight excluding hydrogens is 237 g/mol. The third kappa shape index (κ3) is 4.51. The summed E-state index contributed by atoms with van der Waals surface area (Å²) in [5.41, 5.74) is 0. The van der Waals surface area contributed by atoms with Crippen molar-refractivity contribution in [3.8, 4) is 0 Å². The number of carbonyl (C=O) groups excluding carboxylic acids is 1. The van der Waals surface area contributed by atoms with Crippen LogP contribution in [-0.2, 0) is 4.79 Å². The Morgan fingerprint density at radius 1 is 1.59 bits per heavy atom. The number of halogens is 3. The van der Waals surface area contributed by atoms with Gasteiger partial charge in [0, 0.05) is 13.2 Å². The topological polar surface area (TPSA) is 52.6 Å². The van der Waals surface area contributed by atoms with Gasteiger partial charge in [-0.25, -0.2) is 0 Å². The SMILES string of the molecule is C[C@H](C(=O)NCC(F)(F)F)N1CC[C@H](CO)C1. The molecule has 1 rings (SSSR count). The minimum absolute atomic E-state index is 0.0490. The minimum Gasteiger partial charge on any atom is -0.396 e. The van der Waals surface area contributed by atoms with Crippen molar-refractivity contribution in [2.75, 3.05) is 26.2 Å². The van der Waals surface area contributed by atoms with Gasteiger partial charge in [0.25, 0.3) is 0 Å². The second kappa shape index (κ2) is 5.68. The van der Waals surface area contributed by atoms with Crippen molar-refractivity contribution in [1.82, 2.24) is 10.2 Å². The molecule has 1 heterocycles. The number of hydrogen-bond acceptors (Lipinski definition) is 3. The Kier molecular flexibility index (Phi) is 4.76. The van der Waals surface area contributed by atoms with E-state index < -0.39 is 24.7 Å². The first kappa shape index (κ1) is 14.2. The van der Waals surface area contributed by atoms with Gasteiger partial charge in [-0.05, 0) is 25.8 Å². The molecule has 1 fully saturated rings. The average molecular weight is 254 g/mol. The lowest BCUT2D eigenvalue weighted by atomic mass is 10.1. The second-order valence-corrected chi connectivity index (χ2v) is 4.34. The van der Waals surface area contributed by atoms with Crippen LogP contribution in [0, 0.1) is 5.92 Å². The zero-order valence-corrected chi connectivity index (χ0v) is 9.63. The summed E-state index contributed by atoms with van der Waals surface area (Å²) in [6.07, 6.45) is -3.61. The van der Waals surface area contributed by atoms with Crippen LogP contribution in [0.15, 0.2) is 0 Å². The first-order chi connectivity index (χ1) is 7.83. The Morgan fingerprint density at radius 3 is 2.71 bits per heavy atom. The van der Waals surface area contributed by atoms with Crippen LogP contribution in [-0.4, -0.2) is 54.4 Å². The van der Waals surface area contributed by atoms with E-state index >= 15 is 0 Å². The molecule has 1 aliphatic rings. The number of aliphatic hydroxyl groups excluding tert-OH is 1. The van der Waals surface area contributed by atoms with E-state index in [-0.39, 0.29) is 12.5 Å². The van der Waals surface area contributed by atoms with Crippen molar-refractivity contribution in [3.05, 3.63) is 0 Å². The van der Waals surface area contributed by atoms with Crippen LogP contribution in [0.4, 0.5) is 13.2 Å². The smallest absolute Gasteiger partial charge is 0.396 e. The first-order valence-electron chi connectivity index (χ1n) is 5.53. The fraction of sp³-hybridized carbons (Fsp3) is 0.900. The summed E-state index contributed by atoms with van der Waals surface area (Å²) < 4.78 is 35.7. The van der Waals surface area contributed by atoms with Gasteiger partial charge in [-0.1, -0.05) is 0 Å². The highest BCUT2D eigenvalue weighted by molar-refractivity contribution is 5.81. The van der Waals surface area contributed by atoms with Crippen molar-refractivity contribution in [3.63, 3.8) is 0 Å². The zero-order chi connectivity index (χ0) is 13.1. The minimum atomic E-state index is -4.38. The number of alkyl halides is 3. The predicted molar refractivity (Wildman–Crippen MR) is 55.3 cm³/mol. The molecule has 100 valence electrons. The molecule has 1 amide bonds. The van der Waals surface area contributed by atoms with Crippen molar-refractivity contribution >= 4 is 5.91 Å². The number of rotatable bonds is 4. The monoisotopic (exact) mass is 254 g/mol. The van der Waals surface area contributed by atoms with Crippen LogP contribution in [0.1, 0.15) is 13.3 Å². The summed E-state index contributed by atoms with van der Waals surface area (Å²) in [6.45, 7) is 1.51. The van der Waals surface area contributed by atoms with E-state index in [4.69, 9.17) is 5.11 Å². The predicted octanol–water partition coefficient (Wildman–Crippen LogP) is 0.368. The lowest BCUT2D eigenvalue weighted by molar-refractivity contribution is -0.141. The molecule has 0 aromatic carbocycles. The van der Waals surface area contributed by atoms with Crippen LogP contribution < -0.4 is 5.32 Å². The molecular formula is C10H17F3N2O2. The summed E-state index contributed by atoms with van der Waals surface area (Å²) in [5, 5.41) is 10.8. The quantitative estimate of drug-likeness (QED) is 0.762. The third-order valence-electron chi connectivity index (χ3n) is 2.97. The van der Waals surface area contributed by atoms with Crippen molar-refractivity contribution in [2.45, 2.75) is 25.6 Å². The summed E-state index contributed by atoms with van der Waals surface area (Å²) in [6, 6.07) is -0.589. The van der Waals surface area contributed by atoms with Gasteiger partial charge in [-0.15, -0.1) is 0 Å². The number of likely N-dealkylation sites (tertiary alicyclic amines) is 1. The van der Waals surface area contributed by atoms with Gasteiger partial charge in [0.2, 0.25) is 5.91 Å². The van der Waals surface area contributed by atoms with Crippen LogP contribution in [0.25, 0.3) is 0 Å². The molecule has 0 bridgehead atoms. The molecule has 0 aromatic heterocycles. The molecule has 0 aliphatic carbocycles. The molecule has 7 heteroatoms. The highest BCUT2D eigenvalue weighted by Crippen LogP contribution is 2.18. The summed E-state index contributed by atoms with van der Waals surface area (Å²) >= 11 is 0. The maximum absolute atomic E-state index is 11.9. The molecule has 1 aliphatic heterocycles. The Bertz CT molecular complexity index is 271. The number of carbonyl (C=O) groups is 1. The Hall–Kier alpha value is -0.820. The van der Waals surface area contributed by atoms with Crippen molar-refractivity contribution in [2.24, 2.45) is 5.92 Å². The van der Waals surface area contributed by atoms with E-state index in [0.717, 1.165) is 6.42 Å². The second-order valence-electron chi connectivity index (χ2n) is 4.34. The molecule has 2 N–H and O–H groups in total. The van der Waals surface area contributed by atoms with Crippen molar-refractivity contribution < 1.29 is 23.1 Å². The molecule has 0 radical (unpaired) electrons. The number of aliphatic hydroxyl groups is 1. The molecule has 1 saturated heterocycles. The highest BCUT2D eigenvalue weighted by atomic mass is 19.4. The lowest BCUT2D eigenvalue weighted by Gasteiger charge is -2.23. The van der Waals surface area contributed by atoms with Gasteiger partial charge in [0.1, 0.15) is 6.54 Å². The Morgan fingerprint density at radius 2 is 2.24 bits per heavy atom. The van der Waals surface area contributed by atoms with Gasteiger partial charge in [-0.3, -0.25) is 9.69 Å². The lowest BCUT2D eigenvalue weighted by Crippen LogP contribution is -2.46. The molecule has 0 aromatic rings. The maximum Gasteiger partial charge on any atom is 0.405 e. The normalized spacial score (nSPS) is 23.7. The third-order valence-corrected chi connectivity index (χ3v) is 2.97. The van der Waals surface area contributed by atoms with E-state index in [1.807, 2.05) is 5.32 Å². The zero-order valence-electron chi connectivity index (χ0n) is 9.63. The number of hydrogen-bond donors (Lipinski definition) is 2. The van der Waals surface area contributed by atoms with Crippen LogP contribution >= 0.6 is 0 Å². The van der Waals surface area contributed by atoms with Crippen LogP contribution in [0.3, 0.4) is 0 Å². The van der Waals surface area contributed by atoms with Crippen LogP contribution in [0.2, 0.25) is 0 Å². The highest BCUT2D eigenvalue weighted by Gasteiger charge is 2.32. The maximum atomic E-state index is 11.9. The van der Waals surface area contributed by atoms with Crippen molar-refractivity contribution in [1.29, 1.82) is 0 Å². The standard InChI is InChI=1S/C10H17F3N2O2/c1-7(9(17)14-6-10(11,12)13)15-3-2-8(4-15)5-16/h7-8,16H,2-6H2,1H3,(H,14,17)/t7-,8+/m1/s1. The van der Waals surface area contributed by atoms with E-state index in [1.165, 1.54) is 0 Å². The molecule has 17 heavy (non-hydrogen) atoms. The van der Waals surface area contributed by atoms with Gasteiger partial charge >= 0.3 is 6.18 Å². The average Bonchev–Trinajstić information content (AvgIpc) is 2.72. The van der Waals surface area contributed by atoms with Gasteiger partial charge in [0.15, 0.2) is 0 Å². The van der Waals surface area contributed by atoms with Gasteiger partial charge in [0.05, 0.1) is 6.04 Å². The molecule has 4 nitrogen and oxygen atoms in total. The van der Waals surface area contributed by atoms with E-state index in [9.17, 15) is 18.0 Å². The van der Waals surface area contributed by atoms with Gasteiger partial charge < -0.3 is 10.4 Å². The van der Waals surface area contributed by atoms with E-state index in [0.29, 0.717) is 13.1 Å². The van der Waals surface area contributed by atoms with Crippen LogP contribution in [0.5, 0.6) is 0 Å². The summed E-state index contributed by atoms with van der Waals surface area (Å²) in [4.78, 5) is 13.2. The number of nitrogens with zero attached hydrogens (tertiary/aromatic N) is 1. The number of nitrogens with one attached hydrogen (secondary N) is 1. The first-order valence-corrected chi connectivity index (χ1v) is 5.53. The summed E-state index contributed by atoms with van der Waals surface area (Å²) in [7, 11) is 0. The largest absolute Gasteiger partial charge is 0.405 e. The summed E-state index contributed by atoms with van der Waals surface area (Å²) in [5.74, 6) is -0.506. The Balaban J connectivity index is 2.37. The molecule has 0 saturated carbocycles. The van der Waals surface area contributed by atoms with E-state index in [2.05, 4.69) is 0 Å². The Labute approximate surface area is 97.8 Å². The number of amides is 1. The van der Waals surface area contributed by atoms with E-state index in [1.54, 1.807) is 11.8 Å². The fourth-order valence-electron chi connectivity index (χ4n) is 1.86. The molecule has 2 atom stereocenters. The molecule has 0 unspecified atom stereocenters. The van der Waals surface area contributed by atoms with Gasteiger partial charge in [-0.2, -0.15) is 13.2 Å². The fourth-order valence-corrected chi connectivity index (χ4v) is 1.86.